The molecule has 0 heterocycles. The molecule has 0 saturated heterocycles. The zero-order chi connectivity index (χ0) is 29.8. The number of hydrogen-bond donors (Lipinski definition) is 1. The van der Waals surface area contributed by atoms with Crippen LogP contribution in [0.25, 0.3) is 0 Å². The van der Waals surface area contributed by atoms with Crippen LogP contribution < -0.4 is 9.62 Å². The van der Waals surface area contributed by atoms with Crippen LogP contribution in [0, 0.1) is 6.92 Å². The van der Waals surface area contributed by atoms with E-state index in [0.717, 1.165) is 9.87 Å². The van der Waals surface area contributed by atoms with E-state index >= 15 is 0 Å². The van der Waals surface area contributed by atoms with Gasteiger partial charge in [-0.05, 0) is 69.7 Å². The predicted octanol–water partition coefficient (Wildman–Crippen LogP) is 6.75. The number of aryl methyl sites for hydroxylation is 1. The summed E-state index contributed by atoms with van der Waals surface area (Å²) < 4.78 is 28.7. The lowest BCUT2D eigenvalue weighted by atomic mass is 10.1. The zero-order valence-electron chi connectivity index (χ0n) is 22.3. The summed E-state index contributed by atoms with van der Waals surface area (Å²) in [4.78, 5) is 28.2. The van der Waals surface area contributed by atoms with Crippen LogP contribution in [-0.2, 0) is 26.2 Å². The molecular weight excluding hydrogens is 616 g/mol. The Balaban J connectivity index is 2.09. The van der Waals surface area contributed by atoms with Crippen molar-refractivity contribution in [2.24, 2.45) is 0 Å². The maximum atomic E-state index is 13.9. The Labute approximate surface area is 255 Å². The number of nitrogens with zero attached hydrogens (tertiary/aromatic N) is 2. The molecule has 0 saturated carbocycles. The number of rotatable bonds is 10. The molecule has 12 heteroatoms. The summed E-state index contributed by atoms with van der Waals surface area (Å²) in [6.45, 7) is 6.30. The van der Waals surface area contributed by atoms with Crippen molar-refractivity contribution < 1.29 is 18.0 Å². The fraction of sp³-hybridized carbons (Fsp3) is 0.286. The number of halogens is 4. The molecule has 0 spiro atoms. The van der Waals surface area contributed by atoms with Gasteiger partial charge in [-0.2, -0.15) is 0 Å². The van der Waals surface area contributed by atoms with Crippen LogP contribution in [0.4, 0.5) is 5.69 Å². The Hall–Kier alpha value is -2.49. The third kappa shape index (κ3) is 7.62. The number of amides is 2. The molecule has 0 unspecified atom stereocenters. The smallest absolute Gasteiger partial charge is 0.264 e. The molecule has 0 fully saturated rings. The number of hydrogen-bond acceptors (Lipinski definition) is 4. The third-order valence-electron chi connectivity index (χ3n) is 6.02. The van der Waals surface area contributed by atoms with Crippen molar-refractivity contribution in [1.82, 2.24) is 10.2 Å². The Bertz CT molecular complexity index is 1500. The van der Waals surface area contributed by atoms with E-state index in [0.29, 0.717) is 10.6 Å². The fourth-order valence-electron chi connectivity index (χ4n) is 3.86. The van der Waals surface area contributed by atoms with E-state index in [1.165, 1.54) is 35.2 Å². The summed E-state index contributed by atoms with van der Waals surface area (Å²) in [5, 5.41) is 3.49. The largest absolute Gasteiger partial charge is 0.352 e. The molecular formula is C28H29Cl4N3O4S. The first kappa shape index (κ1) is 32.0. The zero-order valence-corrected chi connectivity index (χ0v) is 26.1. The van der Waals surface area contributed by atoms with Crippen molar-refractivity contribution in [2.45, 2.75) is 51.2 Å². The van der Waals surface area contributed by atoms with Crippen molar-refractivity contribution in [3.63, 3.8) is 0 Å². The quantitative estimate of drug-likeness (QED) is 0.265. The molecule has 7 nitrogen and oxygen atoms in total. The molecule has 3 aromatic carbocycles. The standard InChI is InChI=1S/C28H29Cl4N3O4S/c1-17(2)33-28(37)19(4)34(15-20-10-13-22(29)24(31)14-20)26(36)16-35(25-7-5-6-23(30)27(25)32)40(38,39)21-11-8-18(3)9-12-21/h5-14,17,19H,15-16H2,1-4H3,(H,33,37)/t19-/m1/s1. The molecule has 0 aliphatic rings. The molecule has 214 valence electrons. The monoisotopic (exact) mass is 643 g/mol. The number of benzene rings is 3. The molecule has 2 amide bonds. The van der Waals surface area contributed by atoms with E-state index in [1.54, 1.807) is 51.1 Å². The van der Waals surface area contributed by atoms with Crippen LogP contribution in [0.3, 0.4) is 0 Å². The average Bonchev–Trinajstić information content (AvgIpc) is 2.89. The lowest BCUT2D eigenvalue weighted by Crippen LogP contribution is -2.52. The summed E-state index contributed by atoms with van der Waals surface area (Å²) in [5.41, 5.74) is 1.48. The van der Waals surface area contributed by atoms with Gasteiger partial charge in [0, 0.05) is 12.6 Å². The Morgan fingerprint density at radius 2 is 1.52 bits per heavy atom. The van der Waals surface area contributed by atoms with E-state index < -0.39 is 34.4 Å². The van der Waals surface area contributed by atoms with Gasteiger partial charge in [0.15, 0.2) is 0 Å². The molecule has 3 rings (SSSR count). The minimum absolute atomic E-state index is 0.0249. The SMILES string of the molecule is Cc1ccc(S(=O)(=O)N(CC(=O)N(Cc2ccc(Cl)c(Cl)c2)[C@H](C)C(=O)NC(C)C)c2cccc(Cl)c2Cl)cc1. The molecule has 1 atom stereocenters. The highest BCUT2D eigenvalue weighted by Crippen LogP contribution is 2.35. The average molecular weight is 645 g/mol. The highest BCUT2D eigenvalue weighted by atomic mass is 35.5. The third-order valence-corrected chi connectivity index (χ3v) is 9.34. The molecule has 0 radical (unpaired) electrons. The van der Waals surface area contributed by atoms with Gasteiger partial charge in [-0.1, -0.05) is 76.2 Å². The number of sulfonamides is 1. The second kappa shape index (κ2) is 13.4. The minimum atomic E-state index is -4.29. The summed E-state index contributed by atoms with van der Waals surface area (Å²) in [6.07, 6.45) is 0. The molecule has 0 aliphatic heterocycles. The van der Waals surface area contributed by atoms with Crippen LogP contribution >= 0.6 is 46.4 Å². The first-order valence-corrected chi connectivity index (χ1v) is 15.2. The second-order valence-electron chi connectivity index (χ2n) is 9.51. The van der Waals surface area contributed by atoms with Crippen LogP contribution in [0.5, 0.6) is 0 Å². The fourth-order valence-corrected chi connectivity index (χ4v) is 6.05. The maximum Gasteiger partial charge on any atom is 0.264 e. The highest BCUT2D eigenvalue weighted by molar-refractivity contribution is 7.92. The van der Waals surface area contributed by atoms with Gasteiger partial charge in [-0.15, -0.1) is 0 Å². The molecule has 40 heavy (non-hydrogen) atoms. The summed E-state index contributed by atoms with van der Waals surface area (Å²) in [6, 6.07) is 14.4. The predicted molar refractivity (Wildman–Crippen MR) is 162 cm³/mol. The number of anilines is 1. The van der Waals surface area contributed by atoms with Gasteiger partial charge < -0.3 is 10.2 Å². The van der Waals surface area contributed by atoms with Crippen molar-refractivity contribution in [1.29, 1.82) is 0 Å². The summed E-state index contributed by atoms with van der Waals surface area (Å²) >= 11 is 24.9. The summed E-state index contributed by atoms with van der Waals surface area (Å²) in [7, 11) is -4.29. The molecule has 0 aromatic heterocycles. The number of nitrogens with one attached hydrogen (secondary N) is 1. The highest BCUT2D eigenvalue weighted by Gasteiger charge is 2.34. The first-order valence-electron chi connectivity index (χ1n) is 12.3. The second-order valence-corrected chi connectivity index (χ2v) is 13.0. The van der Waals surface area contributed by atoms with Gasteiger partial charge in [0.2, 0.25) is 11.8 Å². The van der Waals surface area contributed by atoms with Gasteiger partial charge >= 0.3 is 0 Å². The van der Waals surface area contributed by atoms with E-state index in [-0.39, 0.29) is 38.2 Å². The lowest BCUT2D eigenvalue weighted by Gasteiger charge is -2.32. The topological polar surface area (TPSA) is 86.8 Å². The van der Waals surface area contributed by atoms with Crippen molar-refractivity contribution in [3.05, 3.63) is 91.9 Å². The van der Waals surface area contributed by atoms with Crippen LogP contribution in [0.1, 0.15) is 31.9 Å². The Morgan fingerprint density at radius 1 is 0.875 bits per heavy atom. The van der Waals surface area contributed by atoms with Gasteiger partial charge in [-0.3, -0.25) is 13.9 Å². The van der Waals surface area contributed by atoms with Crippen LogP contribution in [0.15, 0.2) is 65.6 Å². The van der Waals surface area contributed by atoms with Gasteiger partial charge in [0.05, 0.1) is 30.7 Å². The van der Waals surface area contributed by atoms with Crippen molar-refractivity contribution in [2.75, 3.05) is 10.8 Å². The Kier molecular flexibility index (Phi) is 10.8. The van der Waals surface area contributed by atoms with E-state index in [1.807, 2.05) is 6.92 Å². The number of carbonyl (C=O) groups excluding carboxylic acids is 2. The Morgan fingerprint density at radius 3 is 2.12 bits per heavy atom. The van der Waals surface area contributed by atoms with Gasteiger partial charge in [-0.25, -0.2) is 8.42 Å². The van der Waals surface area contributed by atoms with Crippen molar-refractivity contribution >= 4 is 73.9 Å². The number of carbonyl (C=O) groups is 2. The van der Waals surface area contributed by atoms with Gasteiger partial charge in [0.1, 0.15) is 12.6 Å². The van der Waals surface area contributed by atoms with Gasteiger partial charge in [0.25, 0.3) is 10.0 Å². The molecule has 1 N–H and O–H groups in total. The molecule has 0 aliphatic carbocycles. The maximum absolute atomic E-state index is 13.9. The van der Waals surface area contributed by atoms with E-state index in [9.17, 15) is 18.0 Å². The first-order chi connectivity index (χ1) is 18.7. The van der Waals surface area contributed by atoms with Crippen LogP contribution in [-0.4, -0.2) is 43.8 Å². The van der Waals surface area contributed by atoms with E-state index in [2.05, 4.69) is 5.32 Å². The van der Waals surface area contributed by atoms with E-state index in [4.69, 9.17) is 46.4 Å². The normalized spacial score (nSPS) is 12.2. The van der Waals surface area contributed by atoms with Crippen molar-refractivity contribution in [3.8, 4) is 0 Å². The molecule has 3 aromatic rings. The minimum Gasteiger partial charge on any atom is -0.352 e. The summed E-state index contributed by atoms with van der Waals surface area (Å²) in [5.74, 6) is -1.05. The molecule has 0 bridgehead atoms. The lowest BCUT2D eigenvalue weighted by molar-refractivity contribution is -0.139. The van der Waals surface area contributed by atoms with Crippen LogP contribution in [0.2, 0.25) is 20.1 Å².